The lowest BCUT2D eigenvalue weighted by Crippen LogP contribution is -2.21. The molecule has 0 fully saturated rings. The topological polar surface area (TPSA) is 249 Å². The molecule has 6 aromatic rings. The molecule has 0 atom stereocenters. The predicted molar refractivity (Wildman–Crippen MR) is 202 cm³/mol. The van der Waals surface area contributed by atoms with E-state index in [9.17, 15) is 50.5 Å². The van der Waals surface area contributed by atoms with Crippen LogP contribution in [0.15, 0.2) is 107 Å². The van der Waals surface area contributed by atoms with Crippen molar-refractivity contribution in [3.05, 3.63) is 119 Å². The van der Waals surface area contributed by atoms with Crippen LogP contribution in [0.25, 0.3) is 21.5 Å². The second-order valence-corrected chi connectivity index (χ2v) is 15.0. The first-order valence-corrected chi connectivity index (χ1v) is 18.6. The average molecular weight is 771 g/mol. The second kappa shape index (κ2) is 14.1. The normalized spacial score (nSPS) is 11.6. The number of hydrogen-bond donors (Lipinski definition) is 8. The SMILES string of the molecule is Cc1ccc(NC(=O)Nc2ccc(C)c(C(=O)Nc3cc4cc(O)ccc4cc3S(=O)(=O)O)c2)cc1C(=O)Nc1cc2cc(O)ccc2cc1S(=O)(=O)O. The van der Waals surface area contributed by atoms with Crippen LogP contribution < -0.4 is 21.3 Å². The number of phenols is 2. The molecule has 0 unspecified atom stereocenters. The molecular weight excluding hydrogens is 741 g/mol. The molecule has 15 nitrogen and oxygen atoms in total. The third-order valence-corrected chi connectivity index (χ3v) is 10.2. The van der Waals surface area contributed by atoms with Crippen LogP contribution in [-0.4, -0.2) is 54.0 Å². The summed E-state index contributed by atoms with van der Waals surface area (Å²) in [6, 6.07) is 21.2. The fourth-order valence-corrected chi connectivity index (χ4v) is 7.04. The van der Waals surface area contributed by atoms with Crippen molar-refractivity contribution in [2.45, 2.75) is 23.6 Å². The van der Waals surface area contributed by atoms with Gasteiger partial charge < -0.3 is 31.5 Å². The Balaban J connectivity index is 1.20. The lowest BCUT2D eigenvalue weighted by molar-refractivity contribution is 0.101. The van der Waals surface area contributed by atoms with Gasteiger partial charge in [-0.15, -0.1) is 0 Å². The lowest BCUT2D eigenvalue weighted by atomic mass is 10.1. The van der Waals surface area contributed by atoms with Gasteiger partial charge in [-0.2, -0.15) is 16.8 Å². The first kappa shape index (κ1) is 37.2. The highest BCUT2D eigenvalue weighted by atomic mass is 32.2. The predicted octanol–water partition coefficient (Wildman–Crippen LogP) is 6.66. The molecule has 8 N–H and O–H groups in total. The maximum absolute atomic E-state index is 13.4. The molecule has 17 heteroatoms. The van der Waals surface area contributed by atoms with E-state index in [4.69, 9.17) is 0 Å². The minimum atomic E-state index is -4.78. The van der Waals surface area contributed by atoms with Gasteiger partial charge in [0, 0.05) is 22.5 Å². The number of carbonyl (C=O) groups is 3. The molecule has 6 aromatic carbocycles. The number of aryl methyl sites for hydroxylation is 2. The van der Waals surface area contributed by atoms with Crippen molar-refractivity contribution < 1.29 is 50.5 Å². The smallest absolute Gasteiger partial charge is 0.323 e. The summed E-state index contributed by atoms with van der Waals surface area (Å²) in [5.41, 5.74) is 0.840. The Morgan fingerprint density at radius 1 is 0.481 bits per heavy atom. The number of benzene rings is 6. The van der Waals surface area contributed by atoms with E-state index in [1.165, 1.54) is 84.9 Å². The molecule has 276 valence electrons. The number of fused-ring (bicyclic) bond motifs is 2. The van der Waals surface area contributed by atoms with Gasteiger partial charge >= 0.3 is 6.03 Å². The van der Waals surface area contributed by atoms with Crippen molar-refractivity contribution in [1.82, 2.24) is 0 Å². The van der Waals surface area contributed by atoms with Crippen LogP contribution in [0.4, 0.5) is 27.5 Å². The highest BCUT2D eigenvalue weighted by Gasteiger charge is 2.22. The lowest BCUT2D eigenvalue weighted by Gasteiger charge is -2.15. The summed E-state index contributed by atoms with van der Waals surface area (Å²) in [5.74, 6) is -1.74. The number of hydrogen-bond acceptors (Lipinski definition) is 9. The van der Waals surface area contributed by atoms with Crippen LogP contribution in [-0.2, 0) is 20.2 Å². The summed E-state index contributed by atoms with van der Waals surface area (Å²) >= 11 is 0. The molecule has 0 saturated heterocycles. The zero-order valence-corrected chi connectivity index (χ0v) is 29.8. The highest BCUT2D eigenvalue weighted by molar-refractivity contribution is 7.86. The molecule has 0 saturated carbocycles. The highest BCUT2D eigenvalue weighted by Crippen LogP contribution is 2.32. The molecule has 0 aromatic heterocycles. The van der Waals surface area contributed by atoms with Gasteiger partial charge in [-0.1, -0.05) is 24.3 Å². The van der Waals surface area contributed by atoms with Crippen LogP contribution in [0.5, 0.6) is 11.5 Å². The van der Waals surface area contributed by atoms with E-state index in [-0.39, 0.29) is 45.4 Å². The molecule has 0 radical (unpaired) electrons. The zero-order chi connectivity index (χ0) is 39.1. The van der Waals surface area contributed by atoms with Gasteiger partial charge in [0.15, 0.2) is 0 Å². The van der Waals surface area contributed by atoms with Crippen molar-refractivity contribution >= 4 is 82.4 Å². The molecule has 0 bridgehead atoms. The van der Waals surface area contributed by atoms with E-state index in [0.717, 1.165) is 12.1 Å². The number of nitrogens with one attached hydrogen (secondary N) is 4. The van der Waals surface area contributed by atoms with Crippen LogP contribution >= 0.6 is 0 Å². The maximum Gasteiger partial charge on any atom is 0.323 e. The minimum absolute atomic E-state index is 0.0487. The van der Waals surface area contributed by atoms with Gasteiger partial charge in [0.2, 0.25) is 0 Å². The van der Waals surface area contributed by atoms with Gasteiger partial charge in [-0.3, -0.25) is 18.7 Å². The number of carbonyl (C=O) groups excluding carboxylic acids is 3. The number of urea groups is 1. The average Bonchev–Trinajstić information content (AvgIpc) is 3.08. The van der Waals surface area contributed by atoms with Crippen molar-refractivity contribution in [2.75, 3.05) is 21.3 Å². The van der Waals surface area contributed by atoms with E-state index < -0.39 is 47.9 Å². The third kappa shape index (κ3) is 8.08. The Labute approximate surface area is 307 Å². The molecule has 0 heterocycles. The Morgan fingerprint density at radius 3 is 1.24 bits per heavy atom. The van der Waals surface area contributed by atoms with Crippen LogP contribution in [0.1, 0.15) is 31.8 Å². The third-order valence-electron chi connectivity index (χ3n) is 8.38. The summed E-state index contributed by atoms with van der Waals surface area (Å²) in [5, 5.41) is 31.4. The number of amides is 4. The second-order valence-electron chi connectivity index (χ2n) is 12.3. The monoisotopic (exact) mass is 770 g/mol. The van der Waals surface area contributed by atoms with E-state index in [1.807, 2.05) is 0 Å². The quantitative estimate of drug-likeness (QED) is 0.0760. The van der Waals surface area contributed by atoms with Gasteiger partial charge in [0.1, 0.15) is 21.3 Å². The number of phenolic OH excluding ortho intramolecular Hbond substituents is 2. The standard InChI is InChI=1S/C37H30N4O11S2/c1-19-3-7-25(17-29(19)35(44)40-31-13-23-11-27(42)9-5-21(23)15-33(31)53(47,48)49)38-37(46)39-26-8-4-20(2)30(18-26)36(45)41-32-14-24-12-28(43)10-6-22(24)16-34(32)54(50,51)52/h3-18,42-43H,1-2H3,(H,40,44)(H,41,45)(H2,38,39,46)(H,47,48,49)(H,50,51,52). The molecule has 0 aliphatic rings. The van der Waals surface area contributed by atoms with E-state index in [0.29, 0.717) is 32.7 Å². The Kier molecular flexibility index (Phi) is 9.74. The fourth-order valence-electron chi connectivity index (χ4n) is 5.71. The van der Waals surface area contributed by atoms with Crippen molar-refractivity contribution in [1.29, 1.82) is 0 Å². The molecule has 0 spiro atoms. The first-order chi connectivity index (χ1) is 25.3. The van der Waals surface area contributed by atoms with Crippen molar-refractivity contribution in [2.24, 2.45) is 0 Å². The van der Waals surface area contributed by atoms with Crippen molar-refractivity contribution in [3.8, 4) is 11.5 Å². The molecule has 4 amide bonds. The molecule has 0 aliphatic carbocycles. The van der Waals surface area contributed by atoms with Crippen LogP contribution in [0.3, 0.4) is 0 Å². The van der Waals surface area contributed by atoms with E-state index in [2.05, 4.69) is 21.3 Å². The summed E-state index contributed by atoms with van der Waals surface area (Å²) in [6.45, 7) is 3.22. The molecule has 0 aliphatic heterocycles. The molecule has 6 rings (SSSR count). The van der Waals surface area contributed by atoms with E-state index >= 15 is 0 Å². The molecule has 54 heavy (non-hydrogen) atoms. The molecular formula is C37H30N4O11S2. The van der Waals surface area contributed by atoms with Gasteiger partial charge in [-0.25, -0.2) is 4.79 Å². The van der Waals surface area contributed by atoms with Crippen LogP contribution in [0.2, 0.25) is 0 Å². The number of rotatable bonds is 8. The van der Waals surface area contributed by atoms with Gasteiger partial charge in [0.25, 0.3) is 32.1 Å². The minimum Gasteiger partial charge on any atom is -0.508 e. The largest absolute Gasteiger partial charge is 0.508 e. The Morgan fingerprint density at radius 2 is 0.870 bits per heavy atom. The van der Waals surface area contributed by atoms with E-state index in [1.54, 1.807) is 13.8 Å². The Bertz CT molecular complexity index is 2600. The van der Waals surface area contributed by atoms with Gasteiger partial charge in [-0.05, 0) is 119 Å². The first-order valence-electron chi connectivity index (χ1n) is 15.8. The fraction of sp³-hybridized carbons (Fsp3) is 0.0541. The zero-order valence-electron chi connectivity index (χ0n) is 28.2. The summed E-state index contributed by atoms with van der Waals surface area (Å²) < 4.78 is 68.4. The van der Waals surface area contributed by atoms with Crippen LogP contribution in [0, 0.1) is 13.8 Å². The van der Waals surface area contributed by atoms with Gasteiger partial charge in [0.05, 0.1) is 11.4 Å². The summed E-state index contributed by atoms with van der Waals surface area (Å²) in [7, 11) is -9.56. The number of anilines is 4. The summed E-state index contributed by atoms with van der Waals surface area (Å²) in [4.78, 5) is 38.7. The van der Waals surface area contributed by atoms with Crippen molar-refractivity contribution in [3.63, 3.8) is 0 Å². The maximum atomic E-state index is 13.4. The Hall–Kier alpha value is -6.53. The number of aromatic hydroxyl groups is 2. The summed E-state index contributed by atoms with van der Waals surface area (Å²) in [6.07, 6.45) is 0.